The molecule has 1 aromatic rings. The predicted octanol–water partition coefficient (Wildman–Crippen LogP) is 9.64. The lowest BCUT2D eigenvalue weighted by atomic mass is 9.69. The van der Waals surface area contributed by atoms with Crippen LogP contribution in [-0.4, -0.2) is 85.1 Å². The van der Waals surface area contributed by atoms with E-state index in [-0.39, 0.29) is 12.0 Å². The van der Waals surface area contributed by atoms with Crippen molar-refractivity contribution in [3.63, 3.8) is 0 Å². The molecule has 2 aliphatic rings. The number of carbonyl (C=O) groups is 3. The molecular weight excluding hydrogens is 730 g/mol. The van der Waals surface area contributed by atoms with Crippen molar-refractivity contribution >= 4 is 18.0 Å². The van der Waals surface area contributed by atoms with Crippen LogP contribution in [-0.2, 0) is 38.0 Å². The van der Waals surface area contributed by atoms with Gasteiger partial charge in [0.25, 0.3) is 0 Å². The molecule has 0 spiro atoms. The molecule has 0 aliphatic carbocycles. The van der Waals surface area contributed by atoms with Gasteiger partial charge in [0.1, 0.15) is 29.3 Å². The Hall–Kier alpha value is -3.61. The average molecular weight is 802 g/mol. The third-order valence-electron chi connectivity index (χ3n) is 11.1. The van der Waals surface area contributed by atoms with Crippen LogP contribution in [0.15, 0.2) is 42.0 Å². The summed E-state index contributed by atoms with van der Waals surface area (Å²) in [5, 5.41) is 0. The van der Waals surface area contributed by atoms with Gasteiger partial charge >= 0.3 is 18.0 Å². The van der Waals surface area contributed by atoms with Gasteiger partial charge in [-0.2, -0.15) is 0 Å². The molecule has 4 unspecified atom stereocenters. The number of amides is 1. The molecule has 2 saturated heterocycles. The maximum atomic E-state index is 14.8. The fraction of sp³-hybridized carbons (Fsp3) is 0.711. The highest BCUT2D eigenvalue weighted by Crippen LogP contribution is 2.48. The Morgan fingerprint density at radius 2 is 1.63 bits per heavy atom. The number of esters is 2. The van der Waals surface area contributed by atoms with Crippen molar-refractivity contribution in [2.45, 2.75) is 183 Å². The SMILES string of the molecule is C=CC1OC(CC)C(C)(C)[C@H]([C@](C)(OC(C)=O)/C(C)=C(\C)[C@H](CCCCC)OC(=O)C2OC(c3ccc(OC)cc3OC)N(C(=O)OC(C)(C)C)[C@H]2CC(C)C)O1. The molecule has 1 amide bonds. The minimum absolute atomic E-state index is 0.0678. The summed E-state index contributed by atoms with van der Waals surface area (Å²) < 4.78 is 49.3. The van der Waals surface area contributed by atoms with E-state index in [0.29, 0.717) is 41.9 Å². The smallest absolute Gasteiger partial charge is 0.413 e. The second-order valence-electron chi connectivity index (χ2n) is 17.5. The highest BCUT2D eigenvalue weighted by atomic mass is 16.7. The van der Waals surface area contributed by atoms with E-state index in [1.54, 1.807) is 52.2 Å². The molecule has 57 heavy (non-hydrogen) atoms. The lowest BCUT2D eigenvalue weighted by Crippen LogP contribution is -2.62. The van der Waals surface area contributed by atoms with Gasteiger partial charge < -0.3 is 37.9 Å². The van der Waals surface area contributed by atoms with Crippen LogP contribution < -0.4 is 9.47 Å². The number of ether oxygens (including phenoxy) is 8. The summed E-state index contributed by atoms with van der Waals surface area (Å²) in [5.41, 5.74) is -0.741. The fourth-order valence-corrected chi connectivity index (χ4v) is 8.17. The van der Waals surface area contributed by atoms with E-state index in [2.05, 4.69) is 13.5 Å². The molecule has 0 N–H and O–H groups in total. The van der Waals surface area contributed by atoms with E-state index in [1.165, 1.54) is 18.9 Å². The van der Waals surface area contributed by atoms with Crippen molar-refractivity contribution in [1.29, 1.82) is 0 Å². The van der Waals surface area contributed by atoms with Crippen molar-refractivity contribution in [3.05, 3.63) is 47.6 Å². The second kappa shape index (κ2) is 19.9. The van der Waals surface area contributed by atoms with Crippen LogP contribution in [0, 0.1) is 11.3 Å². The van der Waals surface area contributed by atoms with Crippen LogP contribution in [0.3, 0.4) is 0 Å². The molecule has 0 bridgehead atoms. The van der Waals surface area contributed by atoms with Crippen LogP contribution in [0.5, 0.6) is 11.5 Å². The number of hydrogen-bond acceptors (Lipinski definition) is 11. The predicted molar refractivity (Wildman–Crippen MR) is 219 cm³/mol. The highest BCUT2D eigenvalue weighted by Gasteiger charge is 2.56. The van der Waals surface area contributed by atoms with Gasteiger partial charge in [0, 0.05) is 24.0 Å². The fourth-order valence-electron chi connectivity index (χ4n) is 8.17. The zero-order valence-corrected chi connectivity index (χ0v) is 37.3. The molecule has 8 atom stereocenters. The van der Waals surface area contributed by atoms with Gasteiger partial charge in [0.05, 0.1) is 26.4 Å². The number of hydrogen-bond donors (Lipinski definition) is 0. The zero-order chi connectivity index (χ0) is 43.0. The average Bonchev–Trinajstić information content (AvgIpc) is 3.50. The van der Waals surface area contributed by atoms with Gasteiger partial charge in [-0.25, -0.2) is 9.59 Å². The molecule has 0 aromatic heterocycles. The highest BCUT2D eigenvalue weighted by molar-refractivity contribution is 5.79. The van der Waals surface area contributed by atoms with Crippen LogP contribution in [0.4, 0.5) is 4.79 Å². The van der Waals surface area contributed by atoms with Crippen molar-refractivity contribution in [2.75, 3.05) is 14.2 Å². The summed E-state index contributed by atoms with van der Waals surface area (Å²) in [6.07, 6.45) is 0.755. The van der Waals surface area contributed by atoms with Crippen molar-refractivity contribution in [3.8, 4) is 11.5 Å². The maximum absolute atomic E-state index is 14.8. The number of rotatable bonds is 17. The first-order valence-corrected chi connectivity index (χ1v) is 20.5. The molecule has 2 fully saturated rings. The second-order valence-corrected chi connectivity index (χ2v) is 17.5. The Bertz CT molecular complexity index is 1580. The van der Waals surface area contributed by atoms with E-state index >= 15 is 0 Å². The number of carbonyl (C=O) groups excluding carboxylic acids is 3. The molecule has 3 rings (SSSR count). The third-order valence-corrected chi connectivity index (χ3v) is 11.1. The summed E-state index contributed by atoms with van der Waals surface area (Å²) in [6.45, 7) is 28.6. The van der Waals surface area contributed by atoms with Gasteiger partial charge in [-0.05, 0) is 102 Å². The van der Waals surface area contributed by atoms with E-state index < -0.39 is 71.5 Å². The number of benzene rings is 1. The largest absolute Gasteiger partial charge is 0.497 e. The van der Waals surface area contributed by atoms with E-state index in [1.807, 2.05) is 55.4 Å². The molecule has 322 valence electrons. The van der Waals surface area contributed by atoms with Crippen LogP contribution >= 0.6 is 0 Å². The number of unbranched alkanes of at least 4 members (excludes halogenated alkanes) is 2. The van der Waals surface area contributed by atoms with Crippen molar-refractivity contribution in [1.82, 2.24) is 4.90 Å². The molecule has 12 nitrogen and oxygen atoms in total. The van der Waals surface area contributed by atoms with Gasteiger partial charge in [0.2, 0.25) is 0 Å². The molecule has 0 saturated carbocycles. The standard InChI is InChI=1S/C45H71NO11/c1-17-20-21-22-34(28(6)29(7)45(14,56-30(8)47)41-44(12,13)36(18-2)53-37(19-3)54-41)52-40(48)38-33(25-27(4)5)46(42(49)57-43(9,10)11)39(55-38)32-24-23-31(50-15)26-35(32)51-16/h19,23-24,26-27,33-34,36-39,41H,3,17-18,20-22,25H2,1-2,4-16H3/b29-28+/t33-,34-,36?,37?,38?,39?,41+,45+/m0/s1. The quantitative estimate of drug-likeness (QED) is 0.0647. The summed E-state index contributed by atoms with van der Waals surface area (Å²) in [7, 11) is 3.08. The Morgan fingerprint density at radius 1 is 0.965 bits per heavy atom. The zero-order valence-electron chi connectivity index (χ0n) is 37.3. The first-order valence-electron chi connectivity index (χ1n) is 20.5. The minimum Gasteiger partial charge on any atom is -0.497 e. The van der Waals surface area contributed by atoms with Gasteiger partial charge in [-0.15, -0.1) is 0 Å². The first-order chi connectivity index (χ1) is 26.6. The molecule has 2 heterocycles. The third kappa shape index (κ3) is 11.3. The van der Waals surface area contributed by atoms with Gasteiger partial charge in [-0.3, -0.25) is 9.69 Å². The Kier molecular flexibility index (Phi) is 16.7. The normalized spacial score (nSPS) is 25.5. The Balaban J connectivity index is 2.18. The summed E-state index contributed by atoms with van der Waals surface area (Å²) in [6, 6.07) is 4.48. The van der Waals surface area contributed by atoms with Crippen LogP contribution in [0.2, 0.25) is 0 Å². The summed E-state index contributed by atoms with van der Waals surface area (Å²) in [5.74, 6) is -0.0497. The van der Waals surface area contributed by atoms with E-state index in [4.69, 9.17) is 37.9 Å². The Labute approximate surface area is 341 Å². The van der Waals surface area contributed by atoms with E-state index in [0.717, 1.165) is 24.8 Å². The lowest BCUT2D eigenvalue weighted by molar-refractivity contribution is -0.306. The maximum Gasteiger partial charge on any atom is 0.413 e. The summed E-state index contributed by atoms with van der Waals surface area (Å²) >= 11 is 0. The molecule has 1 aromatic carbocycles. The van der Waals surface area contributed by atoms with Gasteiger partial charge in [0.15, 0.2) is 24.2 Å². The van der Waals surface area contributed by atoms with E-state index in [9.17, 15) is 14.4 Å². The van der Waals surface area contributed by atoms with Crippen LogP contribution in [0.25, 0.3) is 0 Å². The van der Waals surface area contributed by atoms with Crippen molar-refractivity contribution < 1.29 is 52.3 Å². The van der Waals surface area contributed by atoms with Crippen LogP contribution in [0.1, 0.15) is 140 Å². The molecular formula is C45H71NO11. The monoisotopic (exact) mass is 802 g/mol. The van der Waals surface area contributed by atoms with Gasteiger partial charge in [-0.1, -0.05) is 61.0 Å². The summed E-state index contributed by atoms with van der Waals surface area (Å²) in [4.78, 5) is 43.3. The Morgan fingerprint density at radius 3 is 2.16 bits per heavy atom. The molecule has 12 heteroatoms. The minimum atomic E-state index is -1.28. The lowest BCUT2D eigenvalue weighted by Gasteiger charge is -2.53. The number of methoxy groups -OCH3 is 2. The molecule has 0 radical (unpaired) electrons. The first kappa shape index (κ1) is 47.8. The topological polar surface area (TPSA) is 128 Å². The molecule has 2 aliphatic heterocycles. The van der Waals surface area contributed by atoms with Crippen molar-refractivity contribution in [2.24, 2.45) is 11.3 Å². The number of nitrogens with zero attached hydrogens (tertiary/aromatic N) is 1.